The van der Waals surface area contributed by atoms with Gasteiger partial charge < -0.3 is 4.74 Å². The van der Waals surface area contributed by atoms with Gasteiger partial charge in [-0.2, -0.15) is 0 Å². The number of ether oxygens (including phenoxy) is 1. The predicted molar refractivity (Wildman–Crippen MR) is 29.8 cm³/mol. The predicted octanol–water partition coefficient (Wildman–Crippen LogP) is 1.78. The third-order valence-electron chi connectivity index (χ3n) is 0.793. The smallest absolute Gasteiger partial charge is 0.387 e. The second-order valence-corrected chi connectivity index (χ2v) is 1.63. The Morgan fingerprint density at radius 1 is 1.45 bits per heavy atom. The van der Waals surface area contributed by atoms with Crippen molar-refractivity contribution in [2.45, 2.75) is 6.36 Å². The summed E-state index contributed by atoms with van der Waals surface area (Å²) >= 11 is 0. The van der Waals surface area contributed by atoms with Gasteiger partial charge in [-0.3, -0.25) is 0 Å². The van der Waals surface area contributed by atoms with E-state index in [-0.39, 0.29) is 0 Å². The highest BCUT2D eigenvalue weighted by atomic mass is 19.4. The van der Waals surface area contributed by atoms with Gasteiger partial charge in [0, 0.05) is 12.3 Å². The Bertz CT molecular complexity index is 221. The van der Waals surface area contributed by atoms with E-state index in [1.165, 1.54) is 18.3 Å². The molecule has 0 fully saturated rings. The minimum absolute atomic E-state index is 0.569. The van der Waals surface area contributed by atoms with Gasteiger partial charge in [-0.15, -0.1) is 13.2 Å². The molecular weight excluding hydrogens is 159 g/mol. The van der Waals surface area contributed by atoms with Crippen molar-refractivity contribution in [3.8, 4) is 5.88 Å². The Hall–Kier alpha value is -1.26. The van der Waals surface area contributed by atoms with Crippen LogP contribution >= 0.6 is 0 Å². The molecule has 0 atom stereocenters. The highest BCUT2D eigenvalue weighted by Gasteiger charge is 2.31. The third kappa shape index (κ3) is 2.88. The number of pyridine rings is 1. The molecule has 59 valence electrons. The molecule has 1 radical (unpaired) electrons. The molecule has 0 N–H and O–H groups in total. The Balaban J connectivity index is 2.66. The van der Waals surface area contributed by atoms with Gasteiger partial charge in [-0.1, -0.05) is 0 Å². The van der Waals surface area contributed by atoms with Crippen molar-refractivity contribution in [2.75, 3.05) is 0 Å². The van der Waals surface area contributed by atoms with Gasteiger partial charge in [0.15, 0.2) is 0 Å². The maximum absolute atomic E-state index is 11.5. The molecule has 1 rings (SSSR count). The summed E-state index contributed by atoms with van der Waals surface area (Å²) in [6, 6.07) is 4.91. The number of rotatable bonds is 1. The first-order valence-corrected chi connectivity index (χ1v) is 2.66. The summed E-state index contributed by atoms with van der Waals surface area (Å²) in [6.45, 7) is 0. The van der Waals surface area contributed by atoms with E-state index in [4.69, 9.17) is 0 Å². The number of halogens is 3. The topological polar surface area (TPSA) is 22.1 Å². The molecule has 0 amide bonds. The molecule has 11 heavy (non-hydrogen) atoms. The van der Waals surface area contributed by atoms with Crippen molar-refractivity contribution >= 4 is 0 Å². The average Bonchev–Trinajstić information content (AvgIpc) is 1.85. The summed E-state index contributed by atoms with van der Waals surface area (Å²) in [5, 5.41) is 0. The summed E-state index contributed by atoms with van der Waals surface area (Å²) in [5.74, 6) is -0.569. The van der Waals surface area contributed by atoms with E-state index in [1.54, 1.807) is 0 Å². The molecule has 0 spiro atoms. The number of hydrogen-bond donors (Lipinski definition) is 0. The van der Waals surface area contributed by atoms with E-state index >= 15 is 0 Å². The van der Waals surface area contributed by atoms with E-state index in [0.717, 1.165) is 0 Å². The number of alkyl halides is 3. The van der Waals surface area contributed by atoms with Crippen molar-refractivity contribution in [3.05, 3.63) is 24.4 Å². The molecule has 1 aromatic rings. The summed E-state index contributed by atoms with van der Waals surface area (Å²) in [5.41, 5.74) is 0. The van der Waals surface area contributed by atoms with Gasteiger partial charge in [0.25, 0.3) is 0 Å². The zero-order valence-electron chi connectivity index (χ0n) is 5.22. The molecule has 0 aliphatic heterocycles. The molecule has 5 heteroatoms. The van der Waals surface area contributed by atoms with Crippen LogP contribution in [0.4, 0.5) is 13.2 Å². The minimum atomic E-state index is -4.69. The second kappa shape index (κ2) is 2.77. The summed E-state index contributed by atoms with van der Waals surface area (Å²) < 4.78 is 37.8. The highest BCUT2D eigenvalue weighted by molar-refractivity contribution is 5.06. The monoisotopic (exact) mass is 162 g/mol. The molecule has 0 aromatic carbocycles. The molecule has 1 heterocycles. The maximum Gasteiger partial charge on any atom is 0.574 e. The van der Waals surface area contributed by atoms with Crippen LogP contribution in [0.2, 0.25) is 0 Å². The van der Waals surface area contributed by atoms with E-state index in [0.29, 0.717) is 0 Å². The SMILES string of the molecule is FC(F)(F)Oc1[c]cccn1. The summed E-state index contributed by atoms with van der Waals surface area (Å²) in [6.07, 6.45) is -3.50. The molecule has 0 aliphatic carbocycles. The average molecular weight is 162 g/mol. The van der Waals surface area contributed by atoms with E-state index in [1.807, 2.05) is 0 Å². The van der Waals surface area contributed by atoms with E-state index in [9.17, 15) is 13.2 Å². The first-order valence-electron chi connectivity index (χ1n) is 2.66. The van der Waals surface area contributed by atoms with Gasteiger partial charge in [-0.25, -0.2) is 4.98 Å². The van der Waals surface area contributed by atoms with Crippen molar-refractivity contribution in [1.29, 1.82) is 0 Å². The number of nitrogens with zero attached hydrogens (tertiary/aromatic N) is 1. The quantitative estimate of drug-likeness (QED) is 0.627. The van der Waals surface area contributed by atoms with E-state index in [2.05, 4.69) is 15.8 Å². The van der Waals surface area contributed by atoms with Gasteiger partial charge in [0.1, 0.15) is 0 Å². The largest absolute Gasteiger partial charge is 0.574 e. The Morgan fingerprint density at radius 3 is 2.64 bits per heavy atom. The van der Waals surface area contributed by atoms with Gasteiger partial charge in [-0.05, 0) is 12.1 Å². The lowest BCUT2D eigenvalue weighted by Crippen LogP contribution is -2.17. The Kier molecular flexibility index (Phi) is 1.98. The zero-order chi connectivity index (χ0) is 8.32. The number of hydrogen-bond acceptors (Lipinski definition) is 2. The van der Waals surface area contributed by atoms with Crippen LogP contribution in [0, 0.1) is 6.07 Å². The van der Waals surface area contributed by atoms with Crippen LogP contribution in [0.5, 0.6) is 5.88 Å². The fourth-order valence-electron chi connectivity index (χ4n) is 0.476. The van der Waals surface area contributed by atoms with Crippen molar-refractivity contribution in [2.24, 2.45) is 0 Å². The number of aromatic nitrogens is 1. The van der Waals surface area contributed by atoms with Crippen molar-refractivity contribution in [3.63, 3.8) is 0 Å². The first-order chi connectivity index (χ1) is 5.08. The Labute approximate surface area is 60.6 Å². The van der Waals surface area contributed by atoms with Crippen molar-refractivity contribution < 1.29 is 17.9 Å². The molecule has 2 nitrogen and oxygen atoms in total. The molecule has 1 aromatic heterocycles. The van der Waals surface area contributed by atoms with Crippen molar-refractivity contribution in [1.82, 2.24) is 4.98 Å². The van der Waals surface area contributed by atoms with Gasteiger partial charge in [0.05, 0.1) is 0 Å². The van der Waals surface area contributed by atoms with Gasteiger partial charge >= 0.3 is 6.36 Å². The molecule has 0 bridgehead atoms. The molecule has 0 aliphatic rings. The van der Waals surface area contributed by atoms with Crippen LogP contribution < -0.4 is 4.74 Å². The highest BCUT2D eigenvalue weighted by Crippen LogP contribution is 2.18. The third-order valence-corrected chi connectivity index (χ3v) is 0.793. The molecular formula is C6H3F3NO. The first kappa shape index (κ1) is 7.84. The fourth-order valence-corrected chi connectivity index (χ4v) is 0.476. The molecule has 0 saturated carbocycles. The molecule has 0 unspecified atom stereocenters. The minimum Gasteiger partial charge on any atom is -0.387 e. The normalized spacial score (nSPS) is 11.2. The van der Waals surface area contributed by atoms with Crippen LogP contribution in [-0.2, 0) is 0 Å². The van der Waals surface area contributed by atoms with Gasteiger partial charge in [0.2, 0.25) is 5.88 Å². The fraction of sp³-hybridized carbons (Fsp3) is 0.167. The van der Waals surface area contributed by atoms with Crippen LogP contribution in [0.3, 0.4) is 0 Å². The standard InChI is InChI=1S/C6H3F3NO/c7-6(8,9)11-5-3-1-2-4-10-5/h1-2,4H. The lowest BCUT2D eigenvalue weighted by Gasteiger charge is -2.05. The van der Waals surface area contributed by atoms with Crippen LogP contribution in [0.25, 0.3) is 0 Å². The zero-order valence-corrected chi connectivity index (χ0v) is 5.22. The van der Waals surface area contributed by atoms with Crippen LogP contribution in [-0.4, -0.2) is 11.3 Å². The summed E-state index contributed by atoms with van der Waals surface area (Å²) in [4.78, 5) is 3.27. The maximum atomic E-state index is 11.5. The lowest BCUT2D eigenvalue weighted by molar-refractivity contribution is -0.276. The lowest BCUT2D eigenvalue weighted by atomic mass is 10.5. The second-order valence-electron chi connectivity index (χ2n) is 1.63. The van der Waals surface area contributed by atoms with Crippen LogP contribution in [0.15, 0.2) is 18.3 Å². The summed E-state index contributed by atoms with van der Waals surface area (Å²) in [7, 11) is 0. The van der Waals surface area contributed by atoms with Crippen LogP contribution in [0.1, 0.15) is 0 Å². The molecule has 0 saturated heterocycles. The Morgan fingerprint density at radius 2 is 2.18 bits per heavy atom. The van der Waals surface area contributed by atoms with E-state index < -0.39 is 12.2 Å².